The number of nitrogens with two attached hydrogens (primary N) is 1. The number of hydrogen-bond acceptors (Lipinski definition) is 8. The summed E-state index contributed by atoms with van der Waals surface area (Å²) in [5.74, 6) is -0.336. The van der Waals surface area contributed by atoms with Gasteiger partial charge in [0, 0.05) is 17.0 Å². The third-order valence-electron chi connectivity index (χ3n) is 4.50. The average Bonchev–Trinajstić information content (AvgIpc) is 3.09. The van der Waals surface area contributed by atoms with E-state index in [1.807, 2.05) is 6.92 Å². The molecule has 1 aliphatic rings. The Labute approximate surface area is 163 Å². The lowest BCUT2D eigenvalue weighted by Gasteiger charge is -2.10. The lowest BCUT2D eigenvalue weighted by atomic mass is 10.0. The van der Waals surface area contributed by atoms with Gasteiger partial charge in [-0.15, -0.1) is 5.10 Å². The summed E-state index contributed by atoms with van der Waals surface area (Å²) in [7, 11) is 0. The van der Waals surface area contributed by atoms with Crippen molar-refractivity contribution in [1.29, 1.82) is 0 Å². The molecular weight excluding hydrogens is 386 g/mol. The molecule has 4 heterocycles. The predicted octanol–water partition coefficient (Wildman–Crippen LogP) is 2.12. The van der Waals surface area contributed by atoms with Crippen LogP contribution >= 0.6 is 0 Å². The second-order valence-electron chi connectivity index (χ2n) is 6.35. The molecule has 3 aromatic rings. The molecule has 1 amide bonds. The van der Waals surface area contributed by atoms with Gasteiger partial charge >= 0.3 is 6.61 Å². The first-order valence-electron chi connectivity index (χ1n) is 8.67. The van der Waals surface area contributed by atoms with E-state index in [0.29, 0.717) is 23.6 Å². The van der Waals surface area contributed by atoms with E-state index in [1.165, 1.54) is 18.3 Å². The fourth-order valence-corrected chi connectivity index (χ4v) is 3.15. The number of carbonyl (C=O) groups is 1. The van der Waals surface area contributed by atoms with Gasteiger partial charge in [-0.1, -0.05) is 0 Å². The third-order valence-corrected chi connectivity index (χ3v) is 4.50. The summed E-state index contributed by atoms with van der Waals surface area (Å²) in [6.07, 6.45) is 1.32. The van der Waals surface area contributed by atoms with Gasteiger partial charge in [-0.2, -0.15) is 13.9 Å². The van der Waals surface area contributed by atoms with Crippen molar-refractivity contribution in [2.75, 3.05) is 5.73 Å². The molecule has 3 aromatic heterocycles. The Hall–Kier alpha value is -3.47. The number of fused-ring (bicyclic) bond motifs is 3. The van der Waals surface area contributed by atoms with E-state index in [4.69, 9.17) is 10.5 Å². The van der Waals surface area contributed by atoms with Gasteiger partial charge in [0.2, 0.25) is 5.88 Å². The Morgan fingerprint density at radius 2 is 2.24 bits per heavy atom. The van der Waals surface area contributed by atoms with Crippen LogP contribution in [0.4, 0.5) is 14.6 Å². The van der Waals surface area contributed by atoms with E-state index in [-0.39, 0.29) is 24.2 Å². The molecule has 0 unspecified atom stereocenters. The molecule has 0 saturated heterocycles. The van der Waals surface area contributed by atoms with Crippen LogP contribution in [0, 0.1) is 0 Å². The summed E-state index contributed by atoms with van der Waals surface area (Å²) < 4.78 is 34.0. The van der Waals surface area contributed by atoms with Gasteiger partial charge in [0.25, 0.3) is 5.91 Å². The Bertz CT molecular complexity index is 1080. The first-order chi connectivity index (χ1) is 13.9. The molecule has 9 nitrogen and oxygen atoms in total. The lowest BCUT2D eigenvalue weighted by molar-refractivity contribution is -0.0534. The number of nitrogen functional groups attached to an aromatic ring is 1. The van der Waals surface area contributed by atoms with Gasteiger partial charge in [0.15, 0.2) is 0 Å². The SMILES string of the molecule is C[C@@H]1OCc2c1c(N)nc1cnc(C(=O)NCc3ccc(OC(F)F)nn3)cc21. The number of alkyl halides is 2. The van der Waals surface area contributed by atoms with E-state index in [1.54, 1.807) is 6.07 Å². The molecule has 0 aromatic carbocycles. The van der Waals surface area contributed by atoms with Gasteiger partial charge in [-0.05, 0) is 24.6 Å². The van der Waals surface area contributed by atoms with Crippen LogP contribution in [0.25, 0.3) is 10.9 Å². The number of amides is 1. The molecular formula is C18H16F2N6O3. The first-order valence-corrected chi connectivity index (χ1v) is 8.67. The highest BCUT2D eigenvalue weighted by atomic mass is 19.3. The second-order valence-corrected chi connectivity index (χ2v) is 6.35. The van der Waals surface area contributed by atoms with Crippen LogP contribution in [0.2, 0.25) is 0 Å². The standard InChI is InChI=1S/C18H16F2N6O3/c1-8-15-11(7-28-8)10-4-12(22-6-13(10)24-16(15)21)17(27)23-5-9-2-3-14(26-25-9)29-18(19)20/h2-4,6,8,18H,5,7H2,1H3,(H2,21,24)(H,23,27)/t8-/m0/s1. The largest absolute Gasteiger partial charge is 0.415 e. The normalized spacial score (nSPS) is 15.5. The van der Waals surface area contributed by atoms with Crippen LogP contribution in [-0.2, 0) is 17.9 Å². The van der Waals surface area contributed by atoms with E-state index in [2.05, 4.69) is 30.2 Å². The van der Waals surface area contributed by atoms with Crippen LogP contribution in [0.1, 0.15) is 40.3 Å². The summed E-state index contributed by atoms with van der Waals surface area (Å²) in [5.41, 5.74) is 8.89. The molecule has 11 heteroatoms. The van der Waals surface area contributed by atoms with Crippen molar-refractivity contribution in [1.82, 2.24) is 25.5 Å². The highest BCUT2D eigenvalue weighted by molar-refractivity contribution is 5.97. The molecule has 1 aliphatic heterocycles. The molecule has 0 spiro atoms. The third kappa shape index (κ3) is 3.76. The number of anilines is 1. The summed E-state index contributed by atoms with van der Waals surface area (Å²) >= 11 is 0. The molecule has 0 bridgehead atoms. The van der Waals surface area contributed by atoms with Crippen LogP contribution in [0.5, 0.6) is 5.88 Å². The Balaban J connectivity index is 1.51. The highest BCUT2D eigenvalue weighted by Crippen LogP contribution is 2.37. The number of aromatic nitrogens is 4. The molecule has 0 saturated carbocycles. The van der Waals surface area contributed by atoms with E-state index in [0.717, 1.165) is 16.5 Å². The monoisotopic (exact) mass is 402 g/mol. The fraction of sp³-hybridized carbons (Fsp3) is 0.278. The van der Waals surface area contributed by atoms with Gasteiger partial charge in [-0.3, -0.25) is 4.79 Å². The zero-order valence-electron chi connectivity index (χ0n) is 15.2. The van der Waals surface area contributed by atoms with Crippen molar-refractivity contribution < 1.29 is 23.0 Å². The van der Waals surface area contributed by atoms with Crippen molar-refractivity contribution in [3.05, 3.63) is 46.9 Å². The van der Waals surface area contributed by atoms with Crippen molar-refractivity contribution in [2.45, 2.75) is 32.8 Å². The Kier molecular flexibility index (Phi) is 4.89. The van der Waals surface area contributed by atoms with E-state index in [9.17, 15) is 13.6 Å². The molecule has 150 valence electrons. The van der Waals surface area contributed by atoms with Crippen LogP contribution < -0.4 is 15.8 Å². The van der Waals surface area contributed by atoms with Crippen molar-refractivity contribution in [3.8, 4) is 5.88 Å². The molecule has 3 N–H and O–H groups in total. The van der Waals surface area contributed by atoms with Gasteiger partial charge in [-0.25, -0.2) is 9.97 Å². The number of halogens is 2. The lowest BCUT2D eigenvalue weighted by Crippen LogP contribution is -2.24. The van der Waals surface area contributed by atoms with Crippen molar-refractivity contribution in [3.63, 3.8) is 0 Å². The number of pyridine rings is 2. The molecule has 0 radical (unpaired) electrons. The average molecular weight is 402 g/mol. The van der Waals surface area contributed by atoms with Crippen molar-refractivity contribution in [2.24, 2.45) is 0 Å². The molecule has 1 atom stereocenters. The van der Waals surface area contributed by atoms with Crippen molar-refractivity contribution >= 4 is 22.6 Å². The molecule has 4 rings (SSSR count). The highest BCUT2D eigenvalue weighted by Gasteiger charge is 2.26. The quantitative estimate of drug-likeness (QED) is 0.665. The number of nitrogens with zero attached hydrogens (tertiary/aromatic N) is 4. The predicted molar refractivity (Wildman–Crippen MR) is 97.0 cm³/mol. The zero-order valence-corrected chi connectivity index (χ0v) is 15.2. The summed E-state index contributed by atoms with van der Waals surface area (Å²) in [6, 6.07) is 4.31. The van der Waals surface area contributed by atoms with Crippen LogP contribution in [0.15, 0.2) is 24.4 Å². The number of carbonyl (C=O) groups excluding carboxylic acids is 1. The molecule has 0 aliphatic carbocycles. The minimum atomic E-state index is -2.98. The summed E-state index contributed by atoms with van der Waals surface area (Å²) in [5, 5.41) is 10.7. The number of rotatable bonds is 5. The molecule has 0 fully saturated rings. The minimum absolute atomic E-state index is 0.0404. The second kappa shape index (κ2) is 7.51. The van der Waals surface area contributed by atoms with Crippen LogP contribution in [-0.4, -0.2) is 32.7 Å². The minimum Gasteiger partial charge on any atom is -0.415 e. The van der Waals surface area contributed by atoms with E-state index < -0.39 is 12.5 Å². The maximum atomic E-state index is 12.5. The number of ether oxygens (including phenoxy) is 2. The number of hydrogen-bond donors (Lipinski definition) is 2. The maximum Gasteiger partial charge on any atom is 0.388 e. The molecule has 29 heavy (non-hydrogen) atoms. The maximum absolute atomic E-state index is 12.5. The summed E-state index contributed by atoms with van der Waals surface area (Å²) in [6.45, 7) is -0.663. The Morgan fingerprint density at radius 3 is 2.97 bits per heavy atom. The van der Waals surface area contributed by atoms with Gasteiger partial charge < -0.3 is 20.5 Å². The number of nitrogens with one attached hydrogen (secondary N) is 1. The topological polar surface area (TPSA) is 125 Å². The fourth-order valence-electron chi connectivity index (χ4n) is 3.15. The Morgan fingerprint density at radius 1 is 1.41 bits per heavy atom. The van der Waals surface area contributed by atoms with Crippen LogP contribution in [0.3, 0.4) is 0 Å². The van der Waals surface area contributed by atoms with E-state index >= 15 is 0 Å². The smallest absolute Gasteiger partial charge is 0.388 e. The van der Waals surface area contributed by atoms with Gasteiger partial charge in [0.1, 0.15) is 11.5 Å². The summed E-state index contributed by atoms with van der Waals surface area (Å²) in [4.78, 5) is 21.0. The zero-order chi connectivity index (χ0) is 20.5. The van der Waals surface area contributed by atoms with Gasteiger partial charge in [0.05, 0.1) is 36.7 Å². The first kappa shape index (κ1) is 18.9.